The highest BCUT2D eigenvalue weighted by Crippen LogP contribution is 2.30. The minimum absolute atomic E-state index is 0. The van der Waals surface area contributed by atoms with Crippen LogP contribution in [0, 0.1) is 0 Å². The van der Waals surface area contributed by atoms with E-state index in [-0.39, 0.29) is 42.3 Å². The van der Waals surface area contributed by atoms with Gasteiger partial charge in [-0.25, -0.2) is 13.4 Å². The van der Waals surface area contributed by atoms with Crippen LogP contribution in [0.2, 0.25) is 0 Å². The number of halogens is 4. The number of ether oxygens (including phenoxy) is 1. The molecule has 0 aliphatic rings. The average molecular weight is 493 g/mol. The number of nitrogens with zero attached hydrogens (tertiary/aromatic N) is 1. The van der Waals surface area contributed by atoms with Crippen LogP contribution in [-0.4, -0.2) is 39.6 Å². The summed E-state index contributed by atoms with van der Waals surface area (Å²) in [5.74, 6) is 0.448. The molecule has 0 aliphatic heterocycles. The van der Waals surface area contributed by atoms with Crippen molar-refractivity contribution in [2.45, 2.75) is 17.3 Å². The zero-order chi connectivity index (χ0) is 18.4. The maximum absolute atomic E-state index is 12.4. The van der Waals surface area contributed by atoms with Gasteiger partial charge in [0.15, 0.2) is 5.96 Å². The predicted octanol–water partition coefficient (Wildman–Crippen LogP) is 2.46. The monoisotopic (exact) mass is 493 g/mol. The number of hydrogen-bond donors (Lipinski definition) is 2. The average Bonchev–Trinajstić information content (AvgIpc) is 2.49. The first-order chi connectivity index (χ1) is 11.0. The molecule has 0 amide bonds. The summed E-state index contributed by atoms with van der Waals surface area (Å²) in [5.41, 5.74) is 1.10. The second-order valence-electron chi connectivity index (χ2n) is 4.85. The van der Waals surface area contributed by atoms with Gasteiger partial charge in [-0.1, -0.05) is 12.2 Å². The fourth-order valence-corrected chi connectivity index (χ4v) is 2.23. The molecular weight excluding hydrogens is 474 g/mol. The van der Waals surface area contributed by atoms with Crippen LogP contribution in [0.15, 0.2) is 46.3 Å². The van der Waals surface area contributed by atoms with Crippen LogP contribution in [0.1, 0.15) is 6.92 Å². The minimum atomic E-state index is -5.35. The molecule has 1 aromatic rings. The van der Waals surface area contributed by atoms with Gasteiger partial charge in [-0.15, -0.1) is 24.0 Å². The van der Waals surface area contributed by atoms with E-state index in [0.29, 0.717) is 13.1 Å². The molecule has 0 spiro atoms. The summed E-state index contributed by atoms with van der Waals surface area (Å²) in [7, 11) is -5.35. The standard InChI is InChI=1S/C14H18F3N3O3S.HI/c1-10(2)9-20-13(18)19-7-8-23-11-3-5-12(6-4-11)24(21,22)14(15,16)17;/h3-6H,1,7-9H2,2H3,(H3,18,19,20);1H. The lowest BCUT2D eigenvalue weighted by Crippen LogP contribution is -2.34. The summed E-state index contributed by atoms with van der Waals surface area (Å²) < 4.78 is 64.9. The Bertz CT molecular complexity index is 704. The van der Waals surface area contributed by atoms with E-state index < -0.39 is 20.2 Å². The van der Waals surface area contributed by atoms with Gasteiger partial charge in [0.25, 0.3) is 9.84 Å². The topological polar surface area (TPSA) is 93.8 Å². The van der Waals surface area contributed by atoms with Gasteiger partial charge >= 0.3 is 5.51 Å². The molecule has 0 aliphatic carbocycles. The second-order valence-corrected chi connectivity index (χ2v) is 6.80. The molecule has 6 nitrogen and oxygen atoms in total. The van der Waals surface area contributed by atoms with Crippen LogP contribution < -0.4 is 15.8 Å². The van der Waals surface area contributed by atoms with E-state index in [1.54, 1.807) is 0 Å². The first-order valence-electron chi connectivity index (χ1n) is 6.76. The molecule has 0 bridgehead atoms. The minimum Gasteiger partial charge on any atom is -0.492 e. The number of hydrogen-bond acceptors (Lipinski definition) is 4. The molecule has 1 aromatic carbocycles. The maximum Gasteiger partial charge on any atom is 0.501 e. The number of sulfone groups is 1. The molecule has 0 radical (unpaired) electrons. The largest absolute Gasteiger partial charge is 0.501 e. The van der Waals surface area contributed by atoms with Crippen molar-refractivity contribution < 1.29 is 26.3 Å². The van der Waals surface area contributed by atoms with Gasteiger partial charge in [0, 0.05) is 0 Å². The molecule has 25 heavy (non-hydrogen) atoms. The van der Waals surface area contributed by atoms with Crippen LogP contribution in [0.4, 0.5) is 13.2 Å². The van der Waals surface area contributed by atoms with Crippen LogP contribution in [0.3, 0.4) is 0 Å². The zero-order valence-electron chi connectivity index (χ0n) is 13.3. The van der Waals surface area contributed by atoms with Crippen molar-refractivity contribution in [3.05, 3.63) is 36.4 Å². The third kappa shape index (κ3) is 7.50. The molecule has 3 N–H and O–H groups in total. The number of rotatable bonds is 7. The van der Waals surface area contributed by atoms with E-state index in [0.717, 1.165) is 29.8 Å². The Hall–Kier alpha value is -1.50. The van der Waals surface area contributed by atoms with Gasteiger partial charge < -0.3 is 15.8 Å². The van der Waals surface area contributed by atoms with E-state index in [4.69, 9.17) is 10.5 Å². The van der Waals surface area contributed by atoms with Crippen molar-refractivity contribution in [3.63, 3.8) is 0 Å². The molecule has 0 saturated heterocycles. The number of nitrogens with two attached hydrogens (primary N) is 1. The molecule has 0 saturated carbocycles. The van der Waals surface area contributed by atoms with Crippen LogP contribution in [0.25, 0.3) is 0 Å². The van der Waals surface area contributed by atoms with Crippen molar-refractivity contribution in [2.75, 3.05) is 19.7 Å². The van der Waals surface area contributed by atoms with Crippen LogP contribution >= 0.6 is 24.0 Å². The SMILES string of the molecule is C=C(C)CN=C(N)NCCOc1ccc(S(=O)(=O)C(F)(F)F)cc1.I. The highest BCUT2D eigenvalue weighted by atomic mass is 127. The Labute approximate surface area is 161 Å². The lowest BCUT2D eigenvalue weighted by atomic mass is 10.3. The van der Waals surface area contributed by atoms with E-state index in [9.17, 15) is 21.6 Å². The van der Waals surface area contributed by atoms with Crippen molar-refractivity contribution in [3.8, 4) is 5.75 Å². The Kier molecular flexibility index (Phi) is 9.26. The van der Waals surface area contributed by atoms with Crippen molar-refractivity contribution in [2.24, 2.45) is 10.7 Å². The van der Waals surface area contributed by atoms with E-state index in [2.05, 4.69) is 16.9 Å². The molecule has 1 rings (SSSR count). The molecule has 142 valence electrons. The molecule has 0 aromatic heterocycles. The highest BCUT2D eigenvalue weighted by Gasteiger charge is 2.46. The van der Waals surface area contributed by atoms with Crippen LogP contribution in [0.5, 0.6) is 5.75 Å². The molecule has 0 atom stereocenters. The fraction of sp³-hybridized carbons (Fsp3) is 0.357. The molecule has 11 heteroatoms. The summed E-state index contributed by atoms with van der Waals surface area (Å²) >= 11 is 0. The number of alkyl halides is 3. The fourth-order valence-electron chi connectivity index (χ4n) is 1.47. The maximum atomic E-state index is 12.4. The second kappa shape index (κ2) is 9.85. The van der Waals surface area contributed by atoms with Gasteiger partial charge in [0.05, 0.1) is 18.0 Å². The Balaban J connectivity index is 0.00000576. The normalized spacial score (nSPS) is 12.2. The van der Waals surface area contributed by atoms with Gasteiger partial charge in [0.1, 0.15) is 12.4 Å². The lowest BCUT2D eigenvalue weighted by Gasteiger charge is -2.10. The Morgan fingerprint density at radius 2 is 1.88 bits per heavy atom. The van der Waals surface area contributed by atoms with E-state index >= 15 is 0 Å². The van der Waals surface area contributed by atoms with Gasteiger partial charge in [-0.3, -0.25) is 0 Å². The number of aliphatic imine (C=N–C) groups is 1. The first kappa shape index (κ1) is 23.5. The van der Waals surface area contributed by atoms with E-state index in [1.165, 1.54) is 0 Å². The predicted molar refractivity (Wildman–Crippen MR) is 99.9 cm³/mol. The van der Waals surface area contributed by atoms with Crippen molar-refractivity contribution >= 4 is 39.8 Å². The van der Waals surface area contributed by atoms with Crippen molar-refractivity contribution in [1.82, 2.24) is 5.32 Å². The lowest BCUT2D eigenvalue weighted by molar-refractivity contribution is -0.0436. The summed E-state index contributed by atoms with van der Waals surface area (Å²) in [5, 5.41) is 2.78. The molecule has 0 heterocycles. The first-order valence-corrected chi connectivity index (χ1v) is 8.25. The smallest absolute Gasteiger partial charge is 0.492 e. The Morgan fingerprint density at radius 1 is 1.32 bits per heavy atom. The van der Waals surface area contributed by atoms with E-state index in [1.807, 2.05) is 6.92 Å². The molecule has 0 fully saturated rings. The van der Waals surface area contributed by atoms with Gasteiger partial charge in [-0.2, -0.15) is 13.2 Å². The number of nitrogens with one attached hydrogen (secondary N) is 1. The summed E-state index contributed by atoms with van der Waals surface area (Å²) in [6.07, 6.45) is 0. The third-order valence-corrected chi connectivity index (χ3v) is 4.14. The zero-order valence-corrected chi connectivity index (χ0v) is 16.5. The number of benzene rings is 1. The number of guanidine groups is 1. The van der Waals surface area contributed by atoms with Gasteiger partial charge in [-0.05, 0) is 31.2 Å². The summed E-state index contributed by atoms with van der Waals surface area (Å²) in [6.45, 7) is 6.36. The highest BCUT2D eigenvalue weighted by molar-refractivity contribution is 14.0. The quantitative estimate of drug-likeness (QED) is 0.200. The van der Waals surface area contributed by atoms with Crippen LogP contribution in [-0.2, 0) is 9.84 Å². The third-order valence-electron chi connectivity index (χ3n) is 2.63. The molecule has 0 unspecified atom stereocenters. The summed E-state index contributed by atoms with van der Waals surface area (Å²) in [4.78, 5) is 3.15. The Morgan fingerprint density at radius 3 is 2.36 bits per heavy atom. The molecular formula is C14H19F3IN3O3S. The summed E-state index contributed by atoms with van der Waals surface area (Å²) in [6, 6.07) is 3.98. The van der Waals surface area contributed by atoms with Gasteiger partial charge in [0.2, 0.25) is 0 Å². The van der Waals surface area contributed by atoms with Crippen molar-refractivity contribution in [1.29, 1.82) is 0 Å².